The summed E-state index contributed by atoms with van der Waals surface area (Å²) in [5, 5.41) is 2.85. The number of aryl methyl sites for hydroxylation is 1. The van der Waals surface area contributed by atoms with Crippen LogP contribution in [0.5, 0.6) is 0 Å². The molecule has 0 aliphatic heterocycles. The van der Waals surface area contributed by atoms with Gasteiger partial charge in [0.1, 0.15) is 0 Å². The van der Waals surface area contributed by atoms with Gasteiger partial charge in [0.05, 0.1) is 11.4 Å². The Bertz CT molecular complexity index is 833. The van der Waals surface area contributed by atoms with Crippen LogP contribution < -0.4 is 5.32 Å². The molecular formula is C21H28N2O3S. The number of amides is 1. The second-order valence-electron chi connectivity index (χ2n) is 6.76. The Hall–Kier alpha value is -2.18. The van der Waals surface area contributed by atoms with Crippen molar-refractivity contribution in [2.24, 2.45) is 0 Å². The van der Waals surface area contributed by atoms with Crippen LogP contribution in [-0.4, -0.2) is 37.8 Å². The molecule has 2 rings (SSSR count). The summed E-state index contributed by atoms with van der Waals surface area (Å²) in [5.74, 6) is -0.284. The highest BCUT2D eigenvalue weighted by Crippen LogP contribution is 2.17. The molecule has 0 spiro atoms. The van der Waals surface area contributed by atoms with E-state index in [1.807, 2.05) is 51.1 Å². The van der Waals surface area contributed by atoms with Crippen molar-refractivity contribution in [2.75, 3.05) is 13.1 Å². The number of benzene rings is 2. The number of carbonyl (C=O) groups excluding carboxylic acids is 1. The van der Waals surface area contributed by atoms with Crippen LogP contribution in [0.15, 0.2) is 59.5 Å². The third kappa shape index (κ3) is 6.19. The van der Waals surface area contributed by atoms with Gasteiger partial charge in [0.15, 0.2) is 0 Å². The normalized spacial score (nSPS) is 12.7. The summed E-state index contributed by atoms with van der Waals surface area (Å²) in [5.41, 5.74) is 2.02. The Morgan fingerprint density at radius 1 is 1.07 bits per heavy atom. The minimum absolute atomic E-state index is 0.00977. The molecule has 0 saturated heterocycles. The molecule has 1 amide bonds. The number of hydrogen-bond acceptors (Lipinski definition) is 3. The van der Waals surface area contributed by atoms with Gasteiger partial charge in [-0.2, -0.15) is 4.31 Å². The molecule has 2 aromatic carbocycles. The van der Waals surface area contributed by atoms with E-state index in [-0.39, 0.29) is 29.9 Å². The van der Waals surface area contributed by atoms with E-state index in [0.29, 0.717) is 6.42 Å². The van der Waals surface area contributed by atoms with E-state index < -0.39 is 10.0 Å². The molecule has 0 aromatic heterocycles. The maximum atomic E-state index is 13.1. The molecule has 0 aliphatic rings. The Kier molecular flexibility index (Phi) is 7.56. The number of nitrogens with zero attached hydrogens (tertiary/aromatic N) is 1. The van der Waals surface area contributed by atoms with Crippen LogP contribution in [-0.2, 0) is 21.2 Å². The van der Waals surface area contributed by atoms with Crippen LogP contribution in [0.25, 0.3) is 0 Å². The molecule has 0 saturated carbocycles. The van der Waals surface area contributed by atoms with E-state index in [4.69, 9.17) is 0 Å². The van der Waals surface area contributed by atoms with Crippen molar-refractivity contribution in [3.63, 3.8) is 0 Å². The van der Waals surface area contributed by atoms with Crippen LogP contribution in [0.4, 0.5) is 0 Å². The summed E-state index contributed by atoms with van der Waals surface area (Å²) in [7, 11) is -3.75. The summed E-state index contributed by atoms with van der Waals surface area (Å²) in [6, 6.07) is 16.4. The zero-order valence-electron chi connectivity index (χ0n) is 16.2. The summed E-state index contributed by atoms with van der Waals surface area (Å²) in [6.07, 6.45) is 1.34. The van der Waals surface area contributed by atoms with Gasteiger partial charge in [-0.3, -0.25) is 4.79 Å². The van der Waals surface area contributed by atoms with E-state index in [2.05, 4.69) is 5.32 Å². The fraction of sp³-hybridized carbons (Fsp3) is 0.381. The second-order valence-corrected chi connectivity index (χ2v) is 8.70. The average Bonchev–Trinajstić information content (AvgIpc) is 2.66. The molecule has 6 heteroatoms. The monoisotopic (exact) mass is 388 g/mol. The maximum absolute atomic E-state index is 13.1. The van der Waals surface area contributed by atoms with Gasteiger partial charge in [-0.25, -0.2) is 8.42 Å². The van der Waals surface area contributed by atoms with Gasteiger partial charge in [0.25, 0.3) is 0 Å². The minimum Gasteiger partial charge on any atom is -0.353 e. The molecule has 5 nitrogen and oxygen atoms in total. The summed E-state index contributed by atoms with van der Waals surface area (Å²) >= 11 is 0. The fourth-order valence-corrected chi connectivity index (χ4v) is 4.02. The molecular weight excluding hydrogens is 360 g/mol. The van der Waals surface area contributed by atoms with Gasteiger partial charge in [0, 0.05) is 12.6 Å². The molecule has 0 fully saturated rings. The van der Waals surface area contributed by atoms with E-state index in [9.17, 15) is 13.2 Å². The van der Waals surface area contributed by atoms with Gasteiger partial charge in [-0.15, -0.1) is 0 Å². The number of sulfonamides is 1. The molecule has 1 N–H and O–H groups in total. The topological polar surface area (TPSA) is 66.5 Å². The van der Waals surface area contributed by atoms with Gasteiger partial charge < -0.3 is 5.32 Å². The highest BCUT2D eigenvalue weighted by Gasteiger charge is 2.26. The lowest BCUT2D eigenvalue weighted by atomic mass is 10.1. The Morgan fingerprint density at radius 2 is 1.70 bits per heavy atom. The highest BCUT2D eigenvalue weighted by molar-refractivity contribution is 7.89. The van der Waals surface area contributed by atoms with Crippen LogP contribution in [0.1, 0.15) is 31.4 Å². The van der Waals surface area contributed by atoms with Gasteiger partial charge in [-0.1, -0.05) is 55.0 Å². The van der Waals surface area contributed by atoms with Crippen molar-refractivity contribution >= 4 is 15.9 Å². The molecule has 2 aromatic rings. The first-order valence-corrected chi connectivity index (χ1v) is 10.7. The first kappa shape index (κ1) is 21.1. The first-order chi connectivity index (χ1) is 12.8. The van der Waals surface area contributed by atoms with E-state index in [0.717, 1.165) is 17.5 Å². The summed E-state index contributed by atoms with van der Waals surface area (Å²) in [4.78, 5) is 12.6. The second kappa shape index (κ2) is 9.67. The van der Waals surface area contributed by atoms with Crippen molar-refractivity contribution in [3.8, 4) is 0 Å². The third-order valence-corrected chi connectivity index (χ3v) is 6.35. The Morgan fingerprint density at radius 3 is 2.30 bits per heavy atom. The highest BCUT2D eigenvalue weighted by atomic mass is 32.2. The lowest BCUT2D eigenvalue weighted by Gasteiger charge is -2.23. The molecule has 0 bridgehead atoms. The first-order valence-electron chi connectivity index (χ1n) is 9.23. The molecule has 27 heavy (non-hydrogen) atoms. The SMILES string of the molecule is CCC(C)NC(=O)CN(CCc1ccccc1)S(=O)(=O)c1ccc(C)cc1. The third-order valence-electron chi connectivity index (χ3n) is 4.49. The van der Waals surface area contributed by atoms with Gasteiger partial charge >= 0.3 is 0 Å². The van der Waals surface area contributed by atoms with Crippen LogP contribution in [0, 0.1) is 6.92 Å². The average molecular weight is 389 g/mol. The lowest BCUT2D eigenvalue weighted by molar-refractivity contribution is -0.121. The smallest absolute Gasteiger partial charge is 0.243 e. The quantitative estimate of drug-likeness (QED) is 0.718. The molecule has 0 heterocycles. The fourth-order valence-electron chi connectivity index (χ4n) is 2.62. The number of carbonyl (C=O) groups is 1. The zero-order valence-corrected chi connectivity index (χ0v) is 17.0. The lowest BCUT2D eigenvalue weighted by Crippen LogP contribution is -2.44. The zero-order chi connectivity index (χ0) is 19.9. The number of hydrogen-bond donors (Lipinski definition) is 1. The van der Waals surface area contributed by atoms with Crippen molar-refractivity contribution in [1.82, 2.24) is 9.62 Å². The number of nitrogens with one attached hydrogen (secondary N) is 1. The minimum atomic E-state index is -3.75. The maximum Gasteiger partial charge on any atom is 0.243 e. The van der Waals surface area contributed by atoms with Crippen molar-refractivity contribution < 1.29 is 13.2 Å². The van der Waals surface area contributed by atoms with Crippen LogP contribution in [0.3, 0.4) is 0 Å². The molecule has 1 atom stereocenters. The standard InChI is InChI=1S/C21H28N2O3S/c1-4-18(3)22-21(24)16-23(15-14-19-8-6-5-7-9-19)27(25,26)20-12-10-17(2)11-13-20/h5-13,18H,4,14-16H2,1-3H3,(H,22,24). The van der Waals surface area contributed by atoms with Crippen molar-refractivity contribution in [2.45, 2.75) is 44.6 Å². The van der Waals surface area contributed by atoms with Crippen molar-refractivity contribution in [3.05, 3.63) is 65.7 Å². The predicted molar refractivity (Wildman–Crippen MR) is 108 cm³/mol. The van der Waals surface area contributed by atoms with Gasteiger partial charge in [0.2, 0.25) is 15.9 Å². The van der Waals surface area contributed by atoms with Crippen LogP contribution >= 0.6 is 0 Å². The largest absolute Gasteiger partial charge is 0.353 e. The van der Waals surface area contributed by atoms with E-state index in [1.54, 1.807) is 24.3 Å². The summed E-state index contributed by atoms with van der Waals surface area (Å²) in [6.45, 7) is 5.84. The van der Waals surface area contributed by atoms with Crippen LogP contribution in [0.2, 0.25) is 0 Å². The molecule has 0 radical (unpaired) electrons. The number of rotatable bonds is 9. The molecule has 146 valence electrons. The van der Waals surface area contributed by atoms with E-state index in [1.165, 1.54) is 4.31 Å². The summed E-state index contributed by atoms with van der Waals surface area (Å²) < 4.78 is 27.5. The van der Waals surface area contributed by atoms with Crippen molar-refractivity contribution in [1.29, 1.82) is 0 Å². The van der Waals surface area contributed by atoms with Gasteiger partial charge in [-0.05, 0) is 44.4 Å². The van der Waals surface area contributed by atoms with E-state index >= 15 is 0 Å². The molecule has 1 unspecified atom stereocenters. The Labute approximate surface area is 162 Å². The predicted octanol–water partition coefficient (Wildman–Crippen LogP) is 3.14. The Balaban J connectivity index is 2.21. The molecule has 0 aliphatic carbocycles.